The number of hydrogen-bond donors (Lipinski definition) is 2. The highest BCUT2D eigenvalue weighted by molar-refractivity contribution is 5.98. The van der Waals surface area contributed by atoms with E-state index in [4.69, 9.17) is 0 Å². The molecule has 0 radical (unpaired) electrons. The summed E-state index contributed by atoms with van der Waals surface area (Å²) in [6.07, 6.45) is 3.54. The number of likely N-dealkylation sites (N-methyl/N-ethyl adjacent to an activating group) is 1. The minimum atomic E-state index is -0.572. The van der Waals surface area contributed by atoms with Crippen LogP contribution in [-0.2, 0) is 11.8 Å². The van der Waals surface area contributed by atoms with Crippen molar-refractivity contribution in [2.45, 2.75) is 19.9 Å². The van der Waals surface area contributed by atoms with Crippen LogP contribution in [0.2, 0.25) is 0 Å². The average molecular weight is 329 g/mol. The lowest BCUT2D eigenvalue weighted by Crippen LogP contribution is -2.45. The van der Waals surface area contributed by atoms with E-state index < -0.39 is 6.04 Å². The Hall–Kier alpha value is -2.83. The quantitative estimate of drug-likeness (QED) is 0.846. The highest BCUT2D eigenvalue weighted by Crippen LogP contribution is 2.17. The number of hydrogen-bond acceptors (Lipinski definition) is 4. The van der Waals surface area contributed by atoms with Gasteiger partial charge in [-0.05, 0) is 32.0 Å². The van der Waals surface area contributed by atoms with Gasteiger partial charge in [-0.1, -0.05) is 6.07 Å². The van der Waals surface area contributed by atoms with E-state index in [0.29, 0.717) is 12.1 Å². The van der Waals surface area contributed by atoms with Crippen LogP contribution >= 0.6 is 0 Å². The number of carbonyl (C=O) groups excluding carboxylic acids is 2. The minimum absolute atomic E-state index is 0.115. The first kappa shape index (κ1) is 17.5. The van der Waals surface area contributed by atoms with E-state index in [1.165, 1.54) is 0 Å². The first-order chi connectivity index (χ1) is 11.4. The zero-order chi connectivity index (χ0) is 17.7. The number of rotatable bonds is 6. The molecule has 2 rings (SSSR count). The van der Waals surface area contributed by atoms with Gasteiger partial charge in [0.2, 0.25) is 5.91 Å². The number of amides is 2. The Morgan fingerprint density at radius 1 is 1.33 bits per heavy atom. The summed E-state index contributed by atoms with van der Waals surface area (Å²) >= 11 is 0. The fraction of sp³-hybridized carbons (Fsp3) is 0.353. The van der Waals surface area contributed by atoms with Crippen molar-refractivity contribution in [3.8, 4) is 0 Å². The first-order valence-electron chi connectivity index (χ1n) is 7.82. The second-order valence-corrected chi connectivity index (χ2v) is 5.66. The van der Waals surface area contributed by atoms with E-state index >= 15 is 0 Å². The molecule has 2 N–H and O–H groups in total. The molecule has 128 valence electrons. The largest absolute Gasteiger partial charge is 0.353 e. The van der Waals surface area contributed by atoms with Gasteiger partial charge in [-0.15, -0.1) is 0 Å². The number of nitrogens with one attached hydrogen (secondary N) is 2. The summed E-state index contributed by atoms with van der Waals surface area (Å²) in [4.78, 5) is 26.0. The van der Waals surface area contributed by atoms with E-state index in [1.807, 2.05) is 26.2 Å². The molecule has 2 amide bonds. The predicted molar refractivity (Wildman–Crippen MR) is 93.2 cm³/mol. The molecule has 0 saturated heterocycles. The molecule has 0 aliphatic carbocycles. The van der Waals surface area contributed by atoms with Crippen molar-refractivity contribution in [1.29, 1.82) is 0 Å². The maximum absolute atomic E-state index is 12.4. The fourth-order valence-corrected chi connectivity index (χ4v) is 2.22. The van der Waals surface area contributed by atoms with Gasteiger partial charge in [0.15, 0.2) is 0 Å². The SMILES string of the molecule is CCN(C)C(=O)[C@@H](C)NC(=O)c1cccc(Nc2cnn(C)c2)c1. The Labute approximate surface area is 141 Å². The third kappa shape index (κ3) is 4.34. The van der Waals surface area contributed by atoms with Gasteiger partial charge in [-0.25, -0.2) is 0 Å². The van der Waals surface area contributed by atoms with Crippen molar-refractivity contribution in [2.75, 3.05) is 18.9 Å². The first-order valence-corrected chi connectivity index (χ1v) is 7.82. The van der Waals surface area contributed by atoms with Crippen molar-refractivity contribution in [3.63, 3.8) is 0 Å². The molecule has 0 fully saturated rings. The topological polar surface area (TPSA) is 79.3 Å². The Kier molecular flexibility index (Phi) is 5.57. The maximum Gasteiger partial charge on any atom is 0.251 e. The highest BCUT2D eigenvalue weighted by atomic mass is 16.2. The third-order valence-corrected chi connectivity index (χ3v) is 3.69. The van der Waals surface area contributed by atoms with E-state index in [1.54, 1.807) is 47.9 Å². The number of nitrogens with zero attached hydrogens (tertiary/aromatic N) is 3. The molecule has 0 aliphatic rings. The molecule has 0 saturated carbocycles. The molecule has 24 heavy (non-hydrogen) atoms. The van der Waals surface area contributed by atoms with Crippen LogP contribution in [0.15, 0.2) is 36.7 Å². The zero-order valence-electron chi connectivity index (χ0n) is 14.4. The molecule has 7 heteroatoms. The smallest absolute Gasteiger partial charge is 0.251 e. The summed E-state index contributed by atoms with van der Waals surface area (Å²) in [6, 6.07) is 6.53. The minimum Gasteiger partial charge on any atom is -0.353 e. The van der Waals surface area contributed by atoms with E-state index in [9.17, 15) is 9.59 Å². The molecule has 0 bridgehead atoms. The third-order valence-electron chi connectivity index (χ3n) is 3.69. The van der Waals surface area contributed by atoms with Crippen LogP contribution < -0.4 is 10.6 Å². The number of carbonyl (C=O) groups is 2. The summed E-state index contributed by atoms with van der Waals surface area (Å²) in [5.74, 6) is -0.398. The molecule has 1 atom stereocenters. The van der Waals surface area contributed by atoms with Gasteiger partial charge < -0.3 is 15.5 Å². The molecular weight excluding hydrogens is 306 g/mol. The van der Waals surface area contributed by atoms with Gasteiger partial charge in [-0.2, -0.15) is 5.10 Å². The number of aromatic nitrogens is 2. The molecule has 1 aromatic carbocycles. The number of aryl methyl sites for hydroxylation is 1. The lowest BCUT2D eigenvalue weighted by Gasteiger charge is -2.20. The van der Waals surface area contributed by atoms with Gasteiger partial charge in [0.05, 0.1) is 11.9 Å². The van der Waals surface area contributed by atoms with Crippen LogP contribution in [0.25, 0.3) is 0 Å². The number of benzene rings is 1. The summed E-state index contributed by atoms with van der Waals surface area (Å²) < 4.78 is 1.69. The lowest BCUT2D eigenvalue weighted by atomic mass is 10.1. The normalized spacial score (nSPS) is 11.7. The molecule has 1 aromatic heterocycles. The van der Waals surface area contributed by atoms with Crippen LogP contribution in [-0.4, -0.2) is 46.1 Å². The fourth-order valence-electron chi connectivity index (χ4n) is 2.22. The number of anilines is 2. The standard InChI is InChI=1S/C17H23N5O2/c1-5-21(3)17(24)12(2)19-16(23)13-7-6-8-14(9-13)20-15-10-18-22(4)11-15/h6-12,20H,5H2,1-4H3,(H,19,23)/t12-/m1/s1. The Bertz CT molecular complexity index is 725. The lowest BCUT2D eigenvalue weighted by molar-refractivity contribution is -0.131. The zero-order valence-corrected chi connectivity index (χ0v) is 14.4. The molecule has 1 heterocycles. The van der Waals surface area contributed by atoms with Gasteiger partial charge in [-0.3, -0.25) is 14.3 Å². The van der Waals surface area contributed by atoms with Crippen molar-refractivity contribution in [1.82, 2.24) is 20.0 Å². The summed E-state index contributed by atoms with van der Waals surface area (Å²) in [5.41, 5.74) is 2.10. The van der Waals surface area contributed by atoms with Gasteiger partial charge in [0, 0.05) is 38.1 Å². The van der Waals surface area contributed by atoms with E-state index in [0.717, 1.165) is 11.4 Å². The van der Waals surface area contributed by atoms with Crippen LogP contribution in [0.5, 0.6) is 0 Å². The van der Waals surface area contributed by atoms with Gasteiger partial charge in [0.1, 0.15) is 6.04 Å². The summed E-state index contributed by atoms with van der Waals surface area (Å²) in [7, 11) is 3.55. The Balaban J connectivity index is 2.04. The monoisotopic (exact) mass is 329 g/mol. The van der Waals surface area contributed by atoms with E-state index in [2.05, 4.69) is 15.7 Å². The summed E-state index contributed by atoms with van der Waals surface area (Å²) in [5, 5.41) is 10.0. The van der Waals surface area contributed by atoms with Gasteiger partial charge in [0.25, 0.3) is 5.91 Å². The van der Waals surface area contributed by atoms with Crippen molar-refractivity contribution >= 4 is 23.2 Å². The predicted octanol–water partition coefficient (Wildman–Crippen LogP) is 1.76. The van der Waals surface area contributed by atoms with Crippen molar-refractivity contribution < 1.29 is 9.59 Å². The van der Waals surface area contributed by atoms with Crippen LogP contribution in [0.1, 0.15) is 24.2 Å². The highest BCUT2D eigenvalue weighted by Gasteiger charge is 2.19. The van der Waals surface area contributed by atoms with Crippen LogP contribution in [0.4, 0.5) is 11.4 Å². The van der Waals surface area contributed by atoms with Gasteiger partial charge >= 0.3 is 0 Å². The van der Waals surface area contributed by atoms with Crippen LogP contribution in [0.3, 0.4) is 0 Å². The molecular formula is C17H23N5O2. The van der Waals surface area contributed by atoms with Crippen LogP contribution in [0, 0.1) is 0 Å². The molecule has 0 aliphatic heterocycles. The Morgan fingerprint density at radius 2 is 2.08 bits per heavy atom. The Morgan fingerprint density at radius 3 is 2.71 bits per heavy atom. The second-order valence-electron chi connectivity index (χ2n) is 5.66. The second kappa shape index (κ2) is 7.63. The molecule has 7 nitrogen and oxygen atoms in total. The molecule has 0 unspecified atom stereocenters. The molecule has 2 aromatic rings. The summed E-state index contributed by atoms with van der Waals surface area (Å²) in [6.45, 7) is 4.17. The van der Waals surface area contributed by atoms with E-state index in [-0.39, 0.29) is 11.8 Å². The maximum atomic E-state index is 12.4. The average Bonchev–Trinajstić information content (AvgIpc) is 2.98. The molecule has 0 spiro atoms. The van der Waals surface area contributed by atoms with Crippen molar-refractivity contribution in [3.05, 3.63) is 42.2 Å². The van der Waals surface area contributed by atoms with Crippen molar-refractivity contribution in [2.24, 2.45) is 7.05 Å².